The molecule has 0 spiro atoms. The highest BCUT2D eigenvalue weighted by molar-refractivity contribution is 5.75. The second-order valence-electron chi connectivity index (χ2n) is 3.57. The van der Waals surface area contributed by atoms with E-state index < -0.39 is 11.9 Å². The maximum Gasteiger partial charge on any atom is 0.312 e. The first-order valence-electron chi connectivity index (χ1n) is 5.00. The summed E-state index contributed by atoms with van der Waals surface area (Å²) in [6, 6.07) is 7.35. The number of rotatable bonds is 3. The van der Waals surface area contributed by atoms with Gasteiger partial charge in [-0.3, -0.25) is 9.78 Å². The molecule has 2 heterocycles. The second-order valence-corrected chi connectivity index (χ2v) is 3.57. The Morgan fingerprint density at radius 2 is 2.06 bits per heavy atom. The van der Waals surface area contributed by atoms with E-state index in [1.165, 1.54) is 0 Å². The fraction of sp³-hybridized carbons (Fsp3) is 0.167. The summed E-state index contributed by atoms with van der Waals surface area (Å²) >= 11 is 0. The Bertz CT molecular complexity index is 491. The van der Waals surface area contributed by atoms with Crippen molar-refractivity contribution >= 4 is 5.97 Å². The van der Waals surface area contributed by atoms with Crippen molar-refractivity contribution in [1.29, 1.82) is 0 Å². The highest BCUT2D eigenvalue weighted by atomic mass is 16.4. The van der Waals surface area contributed by atoms with E-state index in [1.807, 2.05) is 35.0 Å². The molecule has 1 unspecified atom stereocenters. The molecule has 0 amide bonds. The first-order chi connectivity index (χ1) is 7.70. The molecular weight excluding hydrogens is 204 g/mol. The molecule has 0 radical (unpaired) electrons. The van der Waals surface area contributed by atoms with Crippen LogP contribution in [0.2, 0.25) is 0 Å². The van der Waals surface area contributed by atoms with Gasteiger partial charge in [-0.05, 0) is 31.2 Å². The van der Waals surface area contributed by atoms with Crippen molar-refractivity contribution in [2.45, 2.75) is 12.8 Å². The van der Waals surface area contributed by atoms with E-state index in [-0.39, 0.29) is 0 Å². The zero-order chi connectivity index (χ0) is 11.5. The van der Waals surface area contributed by atoms with E-state index in [9.17, 15) is 4.79 Å². The number of carbonyl (C=O) groups is 1. The van der Waals surface area contributed by atoms with Gasteiger partial charge in [0.25, 0.3) is 0 Å². The third kappa shape index (κ3) is 1.82. The molecule has 1 atom stereocenters. The van der Waals surface area contributed by atoms with Crippen LogP contribution in [0.5, 0.6) is 0 Å². The molecule has 0 aliphatic carbocycles. The summed E-state index contributed by atoms with van der Waals surface area (Å²) in [6.45, 7) is 1.68. The number of aliphatic carboxylic acids is 1. The topological polar surface area (TPSA) is 55.1 Å². The van der Waals surface area contributed by atoms with Gasteiger partial charge in [-0.2, -0.15) is 0 Å². The predicted octanol–water partition coefficient (Wildman–Crippen LogP) is 2.06. The van der Waals surface area contributed by atoms with Crippen LogP contribution < -0.4 is 0 Å². The average molecular weight is 216 g/mol. The van der Waals surface area contributed by atoms with Gasteiger partial charge in [-0.25, -0.2) is 0 Å². The monoisotopic (exact) mass is 216 g/mol. The minimum Gasteiger partial charge on any atom is -0.481 e. The van der Waals surface area contributed by atoms with Crippen molar-refractivity contribution < 1.29 is 9.90 Å². The van der Waals surface area contributed by atoms with E-state index in [0.717, 1.165) is 11.4 Å². The van der Waals surface area contributed by atoms with Crippen LogP contribution in [0.25, 0.3) is 5.69 Å². The molecule has 0 aliphatic heterocycles. The number of carboxylic acids is 1. The molecule has 2 aromatic rings. The molecule has 0 fully saturated rings. The molecular formula is C12H12N2O2. The van der Waals surface area contributed by atoms with Gasteiger partial charge >= 0.3 is 5.97 Å². The predicted molar refractivity (Wildman–Crippen MR) is 59.6 cm³/mol. The van der Waals surface area contributed by atoms with Crippen LogP contribution in [0.15, 0.2) is 42.9 Å². The Morgan fingerprint density at radius 3 is 2.69 bits per heavy atom. The first kappa shape index (κ1) is 10.4. The SMILES string of the molecule is CC(C(=O)O)c1cccn1-c1ccncc1. The normalized spacial score (nSPS) is 12.3. The number of nitrogens with zero attached hydrogens (tertiary/aromatic N) is 2. The molecule has 16 heavy (non-hydrogen) atoms. The van der Waals surface area contributed by atoms with Gasteiger partial charge in [0, 0.05) is 30.0 Å². The number of carboxylic acid groups (broad SMARTS) is 1. The average Bonchev–Trinajstić information content (AvgIpc) is 2.77. The highest BCUT2D eigenvalue weighted by Gasteiger charge is 2.17. The zero-order valence-corrected chi connectivity index (χ0v) is 8.87. The molecule has 0 bridgehead atoms. The second kappa shape index (κ2) is 4.18. The molecule has 2 rings (SSSR count). The lowest BCUT2D eigenvalue weighted by atomic mass is 10.1. The molecule has 2 aromatic heterocycles. The number of aromatic nitrogens is 2. The van der Waals surface area contributed by atoms with Crippen LogP contribution >= 0.6 is 0 Å². The largest absolute Gasteiger partial charge is 0.481 e. The fourth-order valence-electron chi connectivity index (χ4n) is 1.61. The quantitative estimate of drug-likeness (QED) is 0.854. The van der Waals surface area contributed by atoms with Crippen molar-refractivity contribution in [3.8, 4) is 5.69 Å². The van der Waals surface area contributed by atoms with Crippen molar-refractivity contribution in [3.63, 3.8) is 0 Å². The van der Waals surface area contributed by atoms with E-state index in [2.05, 4.69) is 4.98 Å². The van der Waals surface area contributed by atoms with Crippen LogP contribution in [0.3, 0.4) is 0 Å². The van der Waals surface area contributed by atoms with Crippen molar-refractivity contribution in [3.05, 3.63) is 48.5 Å². The molecule has 1 N–H and O–H groups in total. The van der Waals surface area contributed by atoms with Gasteiger partial charge in [0.1, 0.15) is 0 Å². The lowest BCUT2D eigenvalue weighted by Crippen LogP contribution is -2.11. The number of pyridine rings is 1. The van der Waals surface area contributed by atoms with Crippen molar-refractivity contribution in [2.24, 2.45) is 0 Å². The Hall–Kier alpha value is -2.10. The van der Waals surface area contributed by atoms with Gasteiger partial charge in [0.05, 0.1) is 5.92 Å². The van der Waals surface area contributed by atoms with E-state index in [1.54, 1.807) is 19.3 Å². The van der Waals surface area contributed by atoms with E-state index in [4.69, 9.17) is 5.11 Å². The maximum atomic E-state index is 11.0. The van der Waals surface area contributed by atoms with Crippen molar-refractivity contribution in [2.75, 3.05) is 0 Å². The minimum atomic E-state index is -0.825. The number of hydrogen-bond acceptors (Lipinski definition) is 2. The molecule has 4 nitrogen and oxygen atoms in total. The highest BCUT2D eigenvalue weighted by Crippen LogP contribution is 2.20. The third-order valence-corrected chi connectivity index (χ3v) is 2.54. The summed E-state index contributed by atoms with van der Waals surface area (Å²) in [5, 5.41) is 9.00. The summed E-state index contributed by atoms with van der Waals surface area (Å²) in [7, 11) is 0. The third-order valence-electron chi connectivity index (χ3n) is 2.54. The molecule has 0 saturated carbocycles. The van der Waals surface area contributed by atoms with Gasteiger partial charge < -0.3 is 9.67 Å². The minimum absolute atomic E-state index is 0.525. The first-order valence-corrected chi connectivity index (χ1v) is 5.00. The Labute approximate surface area is 93.2 Å². The molecule has 4 heteroatoms. The fourth-order valence-corrected chi connectivity index (χ4v) is 1.61. The van der Waals surface area contributed by atoms with Crippen LogP contribution in [0, 0.1) is 0 Å². The van der Waals surface area contributed by atoms with Crippen LogP contribution in [0.1, 0.15) is 18.5 Å². The van der Waals surface area contributed by atoms with E-state index >= 15 is 0 Å². The summed E-state index contributed by atoms with van der Waals surface area (Å²) < 4.78 is 1.86. The van der Waals surface area contributed by atoms with E-state index in [0.29, 0.717) is 0 Å². The number of hydrogen-bond donors (Lipinski definition) is 1. The van der Waals surface area contributed by atoms with Crippen LogP contribution in [0.4, 0.5) is 0 Å². The molecule has 0 saturated heterocycles. The van der Waals surface area contributed by atoms with Crippen LogP contribution in [-0.4, -0.2) is 20.6 Å². The lowest BCUT2D eigenvalue weighted by molar-refractivity contribution is -0.138. The van der Waals surface area contributed by atoms with Gasteiger partial charge in [0.2, 0.25) is 0 Å². The van der Waals surface area contributed by atoms with Gasteiger partial charge in [0.15, 0.2) is 0 Å². The summed E-state index contributed by atoms with van der Waals surface area (Å²) in [5.41, 5.74) is 1.68. The van der Waals surface area contributed by atoms with Crippen LogP contribution in [-0.2, 0) is 4.79 Å². The zero-order valence-electron chi connectivity index (χ0n) is 8.87. The maximum absolute atomic E-state index is 11.0. The Morgan fingerprint density at radius 1 is 1.38 bits per heavy atom. The summed E-state index contributed by atoms with van der Waals surface area (Å²) in [6.07, 6.45) is 5.22. The molecule has 82 valence electrons. The summed E-state index contributed by atoms with van der Waals surface area (Å²) in [5.74, 6) is -1.35. The molecule has 0 aliphatic rings. The smallest absolute Gasteiger partial charge is 0.312 e. The Balaban J connectivity index is 2.44. The summed E-state index contributed by atoms with van der Waals surface area (Å²) in [4.78, 5) is 14.9. The van der Waals surface area contributed by atoms with Crippen molar-refractivity contribution in [1.82, 2.24) is 9.55 Å². The Kier molecular flexibility index (Phi) is 2.72. The van der Waals surface area contributed by atoms with Gasteiger partial charge in [-0.15, -0.1) is 0 Å². The molecule has 0 aromatic carbocycles. The standard InChI is InChI=1S/C12H12N2O2/c1-9(12(15)16)11-3-2-8-14(11)10-4-6-13-7-5-10/h2-9H,1H3,(H,15,16). The van der Waals surface area contributed by atoms with Gasteiger partial charge in [-0.1, -0.05) is 0 Å². The lowest BCUT2D eigenvalue weighted by Gasteiger charge is -2.11.